The molecule has 3 rings (SSSR count). The molecule has 2 aromatic carbocycles. The van der Waals surface area contributed by atoms with Crippen molar-refractivity contribution in [3.8, 4) is 17.0 Å². The maximum Gasteiger partial charge on any atom is 0.267 e. The van der Waals surface area contributed by atoms with Gasteiger partial charge in [0.2, 0.25) is 5.88 Å². The predicted molar refractivity (Wildman–Crippen MR) is 96.6 cm³/mol. The van der Waals surface area contributed by atoms with Gasteiger partial charge in [0.1, 0.15) is 11.4 Å². The summed E-state index contributed by atoms with van der Waals surface area (Å²) in [6, 6.07) is 17.1. The number of aromatic nitrogens is 1. The monoisotopic (exact) mass is 336 g/mol. The van der Waals surface area contributed by atoms with Crippen LogP contribution in [0.25, 0.3) is 11.3 Å². The topological polar surface area (TPSA) is 64.4 Å². The highest BCUT2D eigenvalue weighted by molar-refractivity contribution is 5.93. The zero-order valence-electron chi connectivity index (χ0n) is 14.4. The third-order valence-electron chi connectivity index (χ3n) is 4.05. The van der Waals surface area contributed by atoms with Gasteiger partial charge >= 0.3 is 0 Å². The van der Waals surface area contributed by atoms with Crippen molar-refractivity contribution in [2.24, 2.45) is 0 Å². The molecule has 1 N–H and O–H groups in total. The van der Waals surface area contributed by atoms with Crippen LogP contribution in [0.3, 0.4) is 0 Å². The Morgan fingerprint density at radius 2 is 1.88 bits per heavy atom. The van der Waals surface area contributed by atoms with Crippen LogP contribution >= 0.6 is 0 Å². The SMILES string of the molecule is Cc1cccc(O[C@H](C)C(=O)Nc2cc(-c3ccccc3)no2)c1C. The zero-order valence-corrected chi connectivity index (χ0v) is 14.4. The number of hydrogen-bond donors (Lipinski definition) is 1. The molecule has 0 radical (unpaired) electrons. The molecule has 1 aromatic heterocycles. The van der Waals surface area contributed by atoms with Gasteiger partial charge in [0.15, 0.2) is 6.10 Å². The molecule has 1 heterocycles. The molecule has 0 aliphatic carbocycles. The maximum absolute atomic E-state index is 12.3. The van der Waals surface area contributed by atoms with Crippen molar-refractivity contribution in [3.63, 3.8) is 0 Å². The highest BCUT2D eigenvalue weighted by Gasteiger charge is 2.18. The number of carbonyl (C=O) groups is 1. The minimum atomic E-state index is -0.661. The van der Waals surface area contributed by atoms with Gasteiger partial charge in [0.05, 0.1) is 0 Å². The van der Waals surface area contributed by atoms with E-state index >= 15 is 0 Å². The first kappa shape index (κ1) is 16.8. The number of anilines is 1. The first-order valence-electron chi connectivity index (χ1n) is 8.10. The molecule has 5 nitrogen and oxygen atoms in total. The van der Waals surface area contributed by atoms with Gasteiger partial charge < -0.3 is 9.26 Å². The van der Waals surface area contributed by atoms with Crippen LogP contribution in [0.2, 0.25) is 0 Å². The average Bonchev–Trinajstić information content (AvgIpc) is 3.08. The molecule has 0 saturated heterocycles. The van der Waals surface area contributed by atoms with E-state index < -0.39 is 6.10 Å². The van der Waals surface area contributed by atoms with E-state index in [4.69, 9.17) is 9.26 Å². The number of hydrogen-bond acceptors (Lipinski definition) is 4. The van der Waals surface area contributed by atoms with Crippen molar-refractivity contribution in [2.75, 3.05) is 5.32 Å². The lowest BCUT2D eigenvalue weighted by molar-refractivity contribution is -0.122. The van der Waals surface area contributed by atoms with Gasteiger partial charge in [-0.25, -0.2) is 0 Å². The van der Waals surface area contributed by atoms with Gasteiger partial charge in [0, 0.05) is 11.6 Å². The van der Waals surface area contributed by atoms with Crippen molar-refractivity contribution in [1.29, 1.82) is 0 Å². The Kier molecular flexibility index (Phi) is 4.84. The quantitative estimate of drug-likeness (QED) is 0.751. The number of amides is 1. The Labute approximate surface area is 146 Å². The van der Waals surface area contributed by atoms with Crippen LogP contribution in [-0.4, -0.2) is 17.2 Å². The fourth-order valence-corrected chi connectivity index (χ4v) is 2.40. The van der Waals surface area contributed by atoms with E-state index in [0.29, 0.717) is 17.3 Å². The molecule has 0 aliphatic heterocycles. The van der Waals surface area contributed by atoms with Crippen molar-refractivity contribution >= 4 is 11.8 Å². The van der Waals surface area contributed by atoms with Crippen molar-refractivity contribution in [2.45, 2.75) is 26.9 Å². The minimum Gasteiger partial charge on any atom is -0.481 e. The fraction of sp³-hybridized carbons (Fsp3) is 0.200. The molecular weight excluding hydrogens is 316 g/mol. The number of rotatable bonds is 5. The largest absolute Gasteiger partial charge is 0.481 e. The zero-order chi connectivity index (χ0) is 17.8. The highest BCUT2D eigenvalue weighted by atomic mass is 16.5. The summed E-state index contributed by atoms with van der Waals surface area (Å²) in [5.74, 6) is 0.696. The number of benzene rings is 2. The van der Waals surface area contributed by atoms with E-state index in [1.807, 2.05) is 62.4 Å². The second-order valence-corrected chi connectivity index (χ2v) is 5.89. The second kappa shape index (κ2) is 7.21. The van der Waals surface area contributed by atoms with Crippen molar-refractivity contribution in [3.05, 3.63) is 65.7 Å². The number of ether oxygens (including phenoxy) is 1. The van der Waals surface area contributed by atoms with Crippen LogP contribution in [0.1, 0.15) is 18.1 Å². The standard InChI is InChI=1S/C20H20N2O3/c1-13-8-7-11-18(14(13)2)24-15(3)20(23)21-19-12-17(22-25-19)16-9-5-4-6-10-16/h4-12,15H,1-3H3,(H,21,23)/t15-/m1/s1. The smallest absolute Gasteiger partial charge is 0.267 e. The first-order chi connectivity index (χ1) is 12.0. The molecule has 0 saturated carbocycles. The summed E-state index contributed by atoms with van der Waals surface area (Å²) < 4.78 is 11.0. The van der Waals surface area contributed by atoms with Gasteiger partial charge in [-0.3, -0.25) is 10.1 Å². The number of aryl methyl sites for hydroxylation is 1. The minimum absolute atomic E-state index is 0.292. The maximum atomic E-state index is 12.3. The summed E-state index contributed by atoms with van der Waals surface area (Å²) in [7, 11) is 0. The van der Waals surface area contributed by atoms with Gasteiger partial charge in [-0.05, 0) is 38.0 Å². The van der Waals surface area contributed by atoms with Crippen LogP contribution in [0.5, 0.6) is 5.75 Å². The third kappa shape index (κ3) is 3.88. The second-order valence-electron chi connectivity index (χ2n) is 5.89. The molecule has 1 amide bonds. The summed E-state index contributed by atoms with van der Waals surface area (Å²) in [6.45, 7) is 5.68. The van der Waals surface area contributed by atoms with Gasteiger partial charge in [0.25, 0.3) is 5.91 Å². The Balaban J connectivity index is 1.66. The molecule has 0 aliphatic rings. The lowest BCUT2D eigenvalue weighted by Gasteiger charge is -2.16. The molecule has 25 heavy (non-hydrogen) atoms. The number of carbonyl (C=O) groups excluding carboxylic acids is 1. The Morgan fingerprint density at radius 1 is 1.12 bits per heavy atom. The highest BCUT2D eigenvalue weighted by Crippen LogP contribution is 2.23. The van der Waals surface area contributed by atoms with Crippen LogP contribution in [0.15, 0.2) is 59.1 Å². The summed E-state index contributed by atoms with van der Waals surface area (Å²) in [5.41, 5.74) is 3.73. The molecule has 1 atom stereocenters. The van der Waals surface area contributed by atoms with Gasteiger partial charge in [-0.15, -0.1) is 0 Å². The van der Waals surface area contributed by atoms with Crippen LogP contribution in [0.4, 0.5) is 5.88 Å². The summed E-state index contributed by atoms with van der Waals surface area (Å²) in [6.07, 6.45) is -0.661. The van der Waals surface area contributed by atoms with Crippen LogP contribution in [0, 0.1) is 13.8 Å². The Bertz CT molecular complexity index is 872. The normalized spacial score (nSPS) is 11.8. The van der Waals surface area contributed by atoms with E-state index in [-0.39, 0.29) is 5.91 Å². The van der Waals surface area contributed by atoms with Crippen LogP contribution in [-0.2, 0) is 4.79 Å². The van der Waals surface area contributed by atoms with Crippen LogP contribution < -0.4 is 10.1 Å². The molecule has 3 aromatic rings. The summed E-state index contributed by atoms with van der Waals surface area (Å²) in [5, 5.41) is 6.67. The Morgan fingerprint density at radius 3 is 2.64 bits per heavy atom. The molecule has 0 fully saturated rings. The summed E-state index contributed by atoms with van der Waals surface area (Å²) in [4.78, 5) is 12.3. The van der Waals surface area contributed by atoms with Crippen molar-refractivity contribution in [1.82, 2.24) is 5.16 Å². The number of nitrogens with zero attached hydrogens (tertiary/aromatic N) is 1. The molecule has 0 bridgehead atoms. The fourth-order valence-electron chi connectivity index (χ4n) is 2.40. The lowest BCUT2D eigenvalue weighted by Crippen LogP contribution is -2.30. The van der Waals surface area contributed by atoms with Crippen molar-refractivity contribution < 1.29 is 14.1 Å². The Hall–Kier alpha value is -3.08. The van der Waals surface area contributed by atoms with E-state index in [0.717, 1.165) is 16.7 Å². The van der Waals surface area contributed by atoms with E-state index in [1.165, 1.54) is 0 Å². The lowest BCUT2D eigenvalue weighted by atomic mass is 10.1. The van der Waals surface area contributed by atoms with E-state index in [9.17, 15) is 4.79 Å². The number of nitrogens with one attached hydrogen (secondary N) is 1. The van der Waals surface area contributed by atoms with E-state index in [1.54, 1.807) is 13.0 Å². The van der Waals surface area contributed by atoms with Gasteiger partial charge in [-0.2, -0.15) is 0 Å². The molecule has 5 heteroatoms. The first-order valence-corrected chi connectivity index (χ1v) is 8.10. The van der Waals surface area contributed by atoms with Gasteiger partial charge in [-0.1, -0.05) is 47.6 Å². The third-order valence-corrected chi connectivity index (χ3v) is 4.05. The average molecular weight is 336 g/mol. The molecule has 128 valence electrons. The summed E-state index contributed by atoms with van der Waals surface area (Å²) >= 11 is 0. The predicted octanol–water partition coefficient (Wildman–Crippen LogP) is 4.36. The molecule has 0 unspecified atom stereocenters. The van der Waals surface area contributed by atoms with E-state index in [2.05, 4.69) is 10.5 Å². The molecular formula is C20H20N2O3. The molecule has 0 spiro atoms.